The SMILES string of the molecule is FC(F)(F)c1cc(Cl)c(NCc2cnc(Cl)s2)c(Cl)c1Cl. The van der Waals surface area contributed by atoms with Crippen molar-refractivity contribution in [2.75, 3.05) is 5.32 Å². The molecule has 0 amide bonds. The quantitative estimate of drug-likeness (QED) is 0.609. The highest BCUT2D eigenvalue weighted by atomic mass is 35.5. The first-order valence-electron chi connectivity index (χ1n) is 5.29. The molecule has 2 rings (SSSR count). The highest BCUT2D eigenvalue weighted by Crippen LogP contribution is 2.45. The van der Waals surface area contributed by atoms with Crippen molar-refractivity contribution in [2.45, 2.75) is 12.7 Å². The molecule has 0 saturated carbocycles. The van der Waals surface area contributed by atoms with Crippen LogP contribution in [0.25, 0.3) is 0 Å². The second-order valence-electron chi connectivity index (χ2n) is 3.84. The predicted molar refractivity (Wildman–Crippen MR) is 80.9 cm³/mol. The average Bonchev–Trinajstić information content (AvgIpc) is 2.78. The minimum Gasteiger partial charge on any atom is -0.378 e. The number of hydrogen-bond donors (Lipinski definition) is 1. The molecular formula is C11H5Cl4F3N2S. The molecule has 0 aliphatic carbocycles. The number of hydrogen-bond acceptors (Lipinski definition) is 3. The summed E-state index contributed by atoms with van der Waals surface area (Å²) in [6, 6.07) is 0.734. The number of aromatic nitrogens is 1. The minimum atomic E-state index is -4.63. The van der Waals surface area contributed by atoms with E-state index in [0.717, 1.165) is 10.9 Å². The average molecular weight is 396 g/mol. The number of benzene rings is 1. The van der Waals surface area contributed by atoms with Crippen LogP contribution in [0.15, 0.2) is 12.3 Å². The van der Waals surface area contributed by atoms with Crippen molar-refractivity contribution in [3.63, 3.8) is 0 Å². The molecule has 1 heterocycles. The summed E-state index contributed by atoms with van der Waals surface area (Å²) in [6.45, 7) is 0.255. The zero-order valence-electron chi connectivity index (χ0n) is 9.86. The van der Waals surface area contributed by atoms with Crippen molar-refractivity contribution < 1.29 is 13.2 Å². The first-order valence-corrected chi connectivity index (χ1v) is 7.61. The fourth-order valence-electron chi connectivity index (χ4n) is 1.50. The predicted octanol–water partition coefficient (Wildman–Crippen LogP) is 6.39. The van der Waals surface area contributed by atoms with Gasteiger partial charge in [-0.15, -0.1) is 11.3 Å². The van der Waals surface area contributed by atoms with Gasteiger partial charge in [0.05, 0.1) is 32.9 Å². The number of nitrogens with zero attached hydrogens (tertiary/aromatic N) is 1. The summed E-state index contributed by atoms with van der Waals surface area (Å²) in [4.78, 5) is 4.61. The third-order valence-electron chi connectivity index (χ3n) is 2.43. The molecule has 0 saturated heterocycles. The molecule has 0 fully saturated rings. The normalized spacial score (nSPS) is 11.8. The highest BCUT2D eigenvalue weighted by Gasteiger charge is 2.35. The highest BCUT2D eigenvalue weighted by molar-refractivity contribution is 7.15. The van der Waals surface area contributed by atoms with Crippen LogP contribution in [0.3, 0.4) is 0 Å². The molecule has 1 aromatic carbocycles. The Morgan fingerprint density at radius 2 is 1.81 bits per heavy atom. The van der Waals surface area contributed by atoms with Gasteiger partial charge in [-0.2, -0.15) is 13.2 Å². The monoisotopic (exact) mass is 394 g/mol. The molecule has 0 bridgehead atoms. The number of alkyl halides is 3. The van der Waals surface area contributed by atoms with Gasteiger partial charge < -0.3 is 5.32 Å². The van der Waals surface area contributed by atoms with E-state index in [-0.39, 0.29) is 22.3 Å². The maximum atomic E-state index is 12.8. The lowest BCUT2D eigenvalue weighted by molar-refractivity contribution is -0.137. The minimum absolute atomic E-state index is 0.126. The van der Waals surface area contributed by atoms with E-state index in [2.05, 4.69) is 10.3 Å². The van der Waals surface area contributed by atoms with E-state index < -0.39 is 16.8 Å². The molecule has 114 valence electrons. The zero-order chi connectivity index (χ0) is 15.8. The molecule has 0 spiro atoms. The van der Waals surface area contributed by atoms with Crippen LogP contribution < -0.4 is 5.32 Å². The number of thiazole rings is 1. The molecule has 0 unspecified atom stereocenters. The Hall–Kier alpha value is -0.400. The van der Waals surface area contributed by atoms with Gasteiger partial charge in [-0.3, -0.25) is 0 Å². The summed E-state index contributed by atoms with van der Waals surface area (Å²) in [5, 5.41) is 1.77. The molecular weight excluding hydrogens is 391 g/mol. The topological polar surface area (TPSA) is 24.9 Å². The van der Waals surface area contributed by atoms with Crippen molar-refractivity contribution >= 4 is 63.4 Å². The van der Waals surface area contributed by atoms with Crippen LogP contribution in [-0.4, -0.2) is 4.98 Å². The van der Waals surface area contributed by atoms with Crippen LogP contribution in [0.2, 0.25) is 19.5 Å². The molecule has 1 N–H and O–H groups in total. The van der Waals surface area contributed by atoms with Gasteiger partial charge in [0.2, 0.25) is 0 Å². The van der Waals surface area contributed by atoms with Crippen LogP contribution in [0.5, 0.6) is 0 Å². The van der Waals surface area contributed by atoms with Crippen molar-refractivity contribution in [3.8, 4) is 0 Å². The van der Waals surface area contributed by atoms with E-state index in [4.69, 9.17) is 46.4 Å². The van der Waals surface area contributed by atoms with Crippen molar-refractivity contribution in [1.29, 1.82) is 0 Å². The van der Waals surface area contributed by atoms with Crippen molar-refractivity contribution in [3.05, 3.63) is 42.2 Å². The van der Waals surface area contributed by atoms with Crippen LogP contribution >= 0.6 is 57.7 Å². The number of halogens is 7. The summed E-state index contributed by atoms with van der Waals surface area (Å²) in [5.74, 6) is 0. The molecule has 2 nitrogen and oxygen atoms in total. The van der Waals surface area contributed by atoms with Crippen LogP contribution in [0.1, 0.15) is 10.4 Å². The third kappa shape index (κ3) is 3.87. The Balaban J connectivity index is 2.30. The molecule has 1 aromatic heterocycles. The van der Waals surface area contributed by atoms with Gasteiger partial charge in [0, 0.05) is 11.1 Å². The van der Waals surface area contributed by atoms with Gasteiger partial charge in [-0.25, -0.2) is 4.98 Å². The van der Waals surface area contributed by atoms with Crippen LogP contribution in [-0.2, 0) is 12.7 Å². The fraction of sp³-hybridized carbons (Fsp3) is 0.182. The molecule has 0 aliphatic heterocycles. The molecule has 0 atom stereocenters. The standard InChI is InChI=1S/C11H5Cl4F3N2S/c12-6-1-5(11(16,17)18)7(13)8(14)9(6)19-2-4-3-20-10(15)21-4/h1,3,19H,2H2. The second kappa shape index (κ2) is 6.38. The van der Waals surface area contributed by atoms with Crippen LogP contribution in [0.4, 0.5) is 18.9 Å². The van der Waals surface area contributed by atoms with Crippen molar-refractivity contribution in [1.82, 2.24) is 4.98 Å². The van der Waals surface area contributed by atoms with Gasteiger partial charge in [0.1, 0.15) is 0 Å². The number of nitrogens with one attached hydrogen (secondary N) is 1. The third-order valence-corrected chi connectivity index (χ3v) is 4.71. The lowest BCUT2D eigenvalue weighted by Gasteiger charge is -2.15. The van der Waals surface area contributed by atoms with E-state index in [1.807, 2.05) is 0 Å². The lowest BCUT2D eigenvalue weighted by atomic mass is 10.2. The van der Waals surface area contributed by atoms with Gasteiger partial charge >= 0.3 is 6.18 Å². The largest absolute Gasteiger partial charge is 0.417 e. The van der Waals surface area contributed by atoms with Gasteiger partial charge in [0.25, 0.3) is 0 Å². The molecule has 0 aliphatic rings. The zero-order valence-corrected chi connectivity index (χ0v) is 13.7. The summed E-state index contributed by atoms with van der Waals surface area (Å²) >= 11 is 24.3. The molecule has 0 radical (unpaired) electrons. The Morgan fingerprint density at radius 1 is 1.14 bits per heavy atom. The first kappa shape index (κ1) is 17.0. The maximum Gasteiger partial charge on any atom is 0.417 e. The maximum absolute atomic E-state index is 12.8. The van der Waals surface area contributed by atoms with Gasteiger partial charge in [-0.05, 0) is 6.07 Å². The summed E-state index contributed by atoms with van der Waals surface area (Å²) in [5.41, 5.74) is -0.952. The van der Waals surface area contributed by atoms with E-state index in [9.17, 15) is 13.2 Å². The molecule has 10 heteroatoms. The second-order valence-corrected chi connectivity index (χ2v) is 6.70. The van der Waals surface area contributed by atoms with E-state index in [1.165, 1.54) is 17.5 Å². The Kier molecular flexibility index (Phi) is 5.15. The summed E-state index contributed by atoms with van der Waals surface area (Å²) in [7, 11) is 0. The molecule has 2 aromatic rings. The fourth-order valence-corrected chi connectivity index (χ4v) is 3.27. The van der Waals surface area contributed by atoms with Crippen molar-refractivity contribution in [2.24, 2.45) is 0 Å². The van der Waals surface area contributed by atoms with E-state index in [1.54, 1.807) is 0 Å². The van der Waals surface area contributed by atoms with E-state index in [0.29, 0.717) is 4.47 Å². The lowest BCUT2D eigenvalue weighted by Crippen LogP contribution is -2.08. The number of anilines is 1. The van der Waals surface area contributed by atoms with E-state index >= 15 is 0 Å². The summed E-state index contributed by atoms with van der Waals surface area (Å²) < 4.78 is 38.6. The van der Waals surface area contributed by atoms with Gasteiger partial charge in [0.15, 0.2) is 4.47 Å². The first-order chi connectivity index (χ1) is 9.70. The summed E-state index contributed by atoms with van der Waals surface area (Å²) in [6.07, 6.45) is -3.10. The smallest absolute Gasteiger partial charge is 0.378 e. The molecule has 21 heavy (non-hydrogen) atoms. The number of rotatable bonds is 3. The van der Waals surface area contributed by atoms with Crippen LogP contribution in [0, 0.1) is 0 Å². The Morgan fingerprint density at radius 3 is 2.33 bits per heavy atom. The van der Waals surface area contributed by atoms with Gasteiger partial charge in [-0.1, -0.05) is 46.4 Å². The Bertz CT molecular complexity index is 672. The Labute approximate surface area is 141 Å².